The van der Waals surface area contributed by atoms with Crippen molar-refractivity contribution in [1.82, 2.24) is 0 Å². The van der Waals surface area contributed by atoms with Crippen LogP contribution in [0, 0.1) is 0 Å². The zero-order valence-corrected chi connectivity index (χ0v) is 21.8. The van der Waals surface area contributed by atoms with Crippen LogP contribution in [0.1, 0.15) is 34.6 Å². The van der Waals surface area contributed by atoms with Crippen LogP contribution in [-0.4, -0.2) is 44.2 Å². The van der Waals surface area contributed by atoms with E-state index in [1.54, 1.807) is 45.0 Å². The van der Waals surface area contributed by atoms with E-state index in [-0.39, 0.29) is 32.9 Å². The molecule has 190 valence electrons. The molecule has 9 nitrogen and oxygen atoms in total. The number of ketones is 1. The van der Waals surface area contributed by atoms with Gasteiger partial charge in [-0.3, -0.25) is 9.59 Å². The monoisotopic (exact) mass is 525 g/mol. The normalized spacial score (nSPS) is 11.7. The van der Waals surface area contributed by atoms with Gasteiger partial charge in [-0.2, -0.15) is 5.11 Å². The molecular formula is C24H29Cl2N3O6. The van der Waals surface area contributed by atoms with Crippen LogP contribution in [0.25, 0.3) is 0 Å². The largest absolute Gasteiger partial charge is 0.491 e. The Morgan fingerprint density at radius 2 is 1.43 bits per heavy atom. The lowest BCUT2D eigenvalue weighted by atomic mass is 10.2. The number of anilines is 1. The van der Waals surface area contributed by atoms with Gasteiger partial charge in [-0.05, 0) is 58.9 Å². The zero-order chi connectivity index (χ0) is 26.0. The van der Waals surface area contributed by atoms with Crippen molar-refractivity contribution in [2.45, 2.75) is 40.7 Å². The van der Waals surface area contributed by atoms with E-state index in [1.807, 2.05) is 6.92 Å². The number of halogens is 2. The van der Waals surface area contributed by atoms with Gasteiger partial charge in [-0.25, -0.2) is 0 Å². The van der Waals surface area contributed by atoms with E-state index in [0.29, 0.717) is 37.9 Å². The van der Waals surface area contributed by atoms with Gasteiger partial charge >= 0.3 is 0 Å². The minimum atomic E-state index is -1.46. The topological polar surface area (TPSA) is 108 Å². The third kappa shape index (κ3) is 7.22. The van der Waals surface area contributed by atoms with Gasteiger partial charge in [0.25, 0.3) is 5.91 Å². The summed E-state index contributed by atoms with van der Waals surface area (Å²) in [4.78, 5) is 25.3. The summed E-state index contributed by atoms with van der Waals surface area (Å²) in [5.41, 5.74) is 0.413. The summed E-state index contributed by atoms with van der Waals surface area (Å²) in [6.45, 7) is 9.86. The fraction of sp³-hybridized carbons (Fsp3) is 0.417. The number of azo groups is 1. The molecule has 0 aliphatic carbocycles. The quantitative estimate of drug-likeness (QED) is 0.244. The van der Waals surface area contributed by atoms with Crippen LogP contribution in [0.3, 0.4) is 0 Å². The highest BCUT2D eigenvalue weighted by Crippen LogP contribution is 2.43. The second-order valence-electron chi connectivity index (χ2n) is 6.93. The standard InChI is InChI=1S/C24H29Cl2N3O6/c1-6-32-17-12-10-15(25)22(34-8-3)21(17)29-28-20(14(5)30)24(31)27-16-11-13-18(33-7-2)23(19(16)26)35-9-4/h10-13,20H,6-9H2,1-5H3,(H,27,31). The molecule has 2 aromatic carbocycles. The third-order valence-electron chi connectivity index (χ3n) is 4.45. The van der Waals surface area contributed by atoms with Crippen LogP contribution >= 0.6 is 23.2 Å². The van der Waals surface area contributed by atoms with Crippen molar-refractivity contribution in [3.05, 3.63) is 34.3 Å². The predicted octanol–water partition coefficient (Wildman–Crippen LogP) is 6.27. The first-order chi connectivity index (χ1) is 16.8. The number of Topliss-reactive ketones (excluding diaryl/α,β-unsaturated/α-hetero) is 1. The fourth-order valence-electron chi connectivity index (χ4n) is 2.99. The van der Waals surface area contributed by atoms with Crippen molar-refractivity contribution in [1.29, 1.82) is 0 Å². The number of nitrogens with zero attached hydrogens (tertiary/aromatic N) is 2. The zero-order valence-electron chi connectivity index (χ0n) is 20.3. The molecule has 1 unspecified atom stereocenters. The molecule has 0 saturated carbocycles. The van der Waals surface area contributed by atoms with Crippen molar-refractivity contribution in [2.24, 2.45) is 10.2 Å². The summed E-state index contributed by atoms with van der Waals surface area (Å²) >= 11 is 12.7. The van der Waals surface area contributed by atoms with Gasteiger partial charge in [-0.15, -0.1) is 5.11 Å². The van der Waals surface area contributed by atoms with Gasteiger partial charge < -0.3 is 24.3 Å². The van der Waals surface area contributed by atoms with E-state index in [1.165, 1.54) is 6.92 Å². The highest BCUT2D eigenvalue weighted by molar-refractivity contribution is 6.35. The van der Waals surface area contributed by atoms with Gasteiger partial charge in [0.1, 0.15) is 5.02 Å². The minimum absolute atomic E-state index is 0.137. The van der Waals surface area contributed by atoms with Crippen molar-refractivity contribution < 1.29 is 28.5 Å². The van der Waals surface area contributed by atoms with E-state index < -0.39 is 17.7 Å². The highest BCUT2D eigenvalue weighted by atomic mass is 35.5. The molecule has 35 heavy (non-hydrogen) atoms. The molecule has 0 aromatic heterocycles. The Morgan fingerprint density at radius 3 is 2.03 bits per heavy atom. The maximum absolute atomic E-state index is 13.0. The Labute approximate surface area is 214 Å². The maximum atomic E-state index is 13.0. The van der Waals surface area contributed by atoms with E-state index in [0.717, 1.165) is 0 Å². The molecule has 1 N–H and O–H groups in total. The lowest BCUT2D eigenvalue weighted by Gasteiger charge is -2.17. The first-order valence-corrected chi connectivity index (χ1v) is 11.9. The summed E-state index contributed by atoms with van der Waals surface area (Å²) in [6, 6.07) is 4.93. The Morgan fingerprint density at radius 1 is 0.857 bits per heavy atom. The second-order valence-corrected chi connectivity index (χ2v) is 7.71. The number of carbonyl (C=O) groups excluding carboxylic acids is 2. The molecule has 1 amide bonds. The van der Waals surface area contributed by atoms with Gasteiger partial charge in [-0.1, -0.05) is 23.2 Å². The molecule has 0 spiro atoms. The summed E-state index contributed by atoms with van der Waals surface area (Å²) < 4.78 is 22.3. The molecule has 2 aromatic rings. The van der Waals surface area contributed by atoms with Crippen molar-refractivity contribution in [3.63, 3.8) is 0 Å². The number of rotatable bonds is 13. The number of hydrogen-bond acceptors (Lipinski definition) is 8. The number of nitrogens with one attached hydrogen (secondary N) is 1. The molecule has 0 aliphatic rings. The maximum Gasteiger partial charge on any atom is 0.258 e. The molecule has 0 heterocycles. The van der Waals surface area contributed by atoms with E-state index in [4.69, 9.17) is 42.1 Å². The third-order valence-corrected chi connectivity index (χ3v) is 5.12. The summed E-state index contributed by atoms with van der Waals surface area (Å²) in [5.74, 6) is 0.0543. The Balaban J connectivity index is 2.40. The Hall–Kier alpha value is -3.04. The average molecular weight is 526 g/mol. The number of carbonyl (C=O) groups is 2. The summed E-state index contributed by atoms with van der Waals surface area (Å²) in [6.07, 6.45) is 0. The highest BCUT2D eigenvalue weighted by Gasteiger charge is 2.26. The van der Waals surface area contributed by atoms with Crippen molar-refractivity contribution in [2.75, 3.05) is 31.7 Å². The smallest absolute Gasteiger partial charge is 0.258 e. The van der Waals surface area contributed by atoms with E-state index in [9.17, 15) is 9.59 Å². The van der Waals surface area contributed by atoms with Gasteiger partial charge in [0.2, 0.25) is 6.04 Å². The fourth-order valence-corrected chi connectivity index (χ4v) is 3.46. The molecule has 1 atom stereocenters. The summed E-state index contributed by atoms with van der Waals surface area (Å²) in [7, 11) is 0. The Bertz CT molecular complexity index is 1080. The van der Waals surface area contributed by atoms with Crippen LogP contribution < -0.4 is 24.3 Å². The molecule has 0 saturated heterocycles. The van der Waals surface area contributed by atoms with E-state index >= 15 is 0 Å². The first-order valence-electron chi connectivity index (χ1n) is 11.2. The van der Waals surface area contributed by atoms with Crippen LogP contribution in [0.4, 0.5) is 11.4 Å². The van der Waals surface area contributed by atoms with Crippen LogP contribution in [0.2, 0.25) is 10.0 Å². The first kappa shape index (κ1) is 28.2. The average Bonchev–Trinajstić information content (AvgIpc) is 2.81. The summed E-state index contributed by atoms with van der Waals surface area (Å²) in [5, 5.41) is 11.2. The SMILES string of the molecule is CCOc1ccc(Cl)c(OCC)c1N=NC(C(C)=O)C(=O)Nc1ccc(OCC)c(OCC)c1Cl. The molecule has 0 aliphatic heterocycles. The molecule has 2 rings (SSSR count). The van der Waals surface area contributed by atoms with E-state index in [2.05, 4.69) is 15.5 Å². The molecular weight excluding hydrogens is 497 g/mol. The lowest BCUT2D eigenvalue weighted by molar-refractivity contribution is -0.126. The molecule has 0 fully saturated rings. The lowest BCUT2D eigenvalue weighted by Crippen LogP contribution is -2.32. The van der Waals surface area contributed by atoms with Crippen LogP contribution in [0.5, 0.6) is 23.0 Å². The number of amides is 1. The number of ether oxygens (including phenoxy) is 4. The molecule has 0 radical (unpaired) electrons. The van der Waals surface area contributed by atoms with Crippen molar-refractivity contribution in [3.8, 4) is 23.0 Å². The molecule has 11 heteroatoms. The Kier molecular flexibility index (Phi) is 11.1. The minimum Gasteiger partial charge on any atom is -0.491 e. The van der Waals surface area contributed by atoms with Gasteiger partial charge in [0, 0.05) is 0 Å². The van der Waals surface area contributed by atoms with Gasteiger partial charge in [0.15, 0.2) is 34.5 Å². The molecule has 0 bridgehead atoms. The van der Waals surface area contributed by atoms with Gasteiger partial charge in [0.05, 0.1) is 37.1 Å². The van der Waals surface area contributed by atoms with Crippen molar-refractivity contribution >= 4 is 46.3 Å². The predicted molar refractivity (Wildman–Crippen MR) is 135 cm³/mol. The number of benzene rings is 2. The van der Waals surface area contributed by atoms with Crippen LogP contribution in [-0.2, 0) is 9.59 Å². The van der Waals surface area contributed by atoms with Crippen LogP contribution in [0.15, 0.2) is 34.5 Å². The number of hydrogen-bond donors (Lipinski definition) is 1. The second kappa shape index (κ2) is 13.7.